The fraction of sp³-hybridized carbons (Fsp3) is 0.364. The van der Waals surface area contributed by atoms with Crippen LogP contribution in [0.4, 0.5) is 0 Å². The minimum atomic E-state index is -0.911. The van der Waals surface area contributed by atoms with Gasteiger partial charge in [-0.1, -0.05) is 41.9 Å². The third-order valence-corrected chi connectivity index (χ3v) is 4.84. The number of esters is 1. The lowest BCUT2D eigenvalue weighted by molar-refractivity contribution is -0.142. The van der Waals surface area contributed by atoms with Gasteiger partial charge in [0.05, 0.1) is 19.3 Å². The first-order chi connectivity index (χ1) is 14.5. The van der Waals surface area contributed by atoms with Gasteiger partial charge in [0, 0.05) is 6.42 Å². The summed E-state index contributed by atoms with van der Waals surface area (Å²) in [6, 6.07) is 11.3. The van der Waals surface area contributed by atoms with Gasteiger partial charge < -0.3 is 25.2 Å². The Hall–Kier alpha value is -2.48. The van der Waals surface area contributed by atoms with Crippen LogP contribution in [0.5, 0.6) is 11.5 Å². The molecule has 1 atom stereocenters. The summed E-state index contributed by atoms with van der Waals surface area (Å²) in [5.74, 6) is -1.32. The minimum Gasteiger partial charge on any atom is -0.505 e. The van der Waals surface area contributed by atoms with Crippen molar-refractivity contribution in [2.24, 2.45) is 0 Å². The largest absolute Gasteiger partial charge is 0.505 e. The molecule has 0 aliphatic carbocycles. The van der Waals surface area contributed by atoms with Gasteiger partial charge in [-0.15, -0.1) is 12.4 Å². The second-order valence-corrected chi connectivity index (χ2v) is 7.05. The lowest BCUT2D eigenvalue weighted by Crippen LogP contribution is -2.43. The molecular formula is C22H28Cl2N2O5. The van der Waals surface area contributed by atoms with Crippen LogP contribution >= 0.6 is 24.0 Å². The molecule has 0 aliphatic rings. The molecule has 0 saturated carbocycles. The Labute approximate surface area is 193 Å². The summed E-state index contributed by atoms with van der Waals surface area (Å²) < 4.78 is 10.4. The maximum atomic E-state index is 12.7. The Morgan fingerprint density at radius 3 is 2.48 bits per heavy atom. The predicted octanol–water partition coefficient (Wildman–Crippen LogP) is 3.36. The van der Waals surface area contributed by atoms with Crippen molar-refractivity contribution in [3.63, 3.8) is 0 Å². The topological polar surface area (TPSA) is 96.9 Å². The molecule has 0 heterocycles. The minimum absolute atomic E-state index is 0. The molecule has 9 heteroatoms. The first kappa shape index (κ1) is 26.6. The molecule has 3 N–H and O–H groups in total. The molecule has 0 bridgehead atoms. The number of unbranched alkanes of at least 4 members (excludes halogenated alkanes) is 1. The summed E-state index contributed by atoms with van der Waals surface area (Å²) in [6.07, 6.45) is 2.01. The van der Waals surface area contributed by atoms with Gasteiger partial charge in [-0.05, 0) is 44.1 Å². The molecule has 0 aliphatic heterocycles. The van der Waals surface area contributed by atoms with Crippen molar-refractivity contribution in [2.45, 2.75) is 25.3 Å². The molecule has 2 aromatic carbocycles. The van der Waals surface area contributed by atoms with Crippen LogP contribution in [-0.2, 0) is 16.0 Å². The first-order valence-corrected chi connectivity index (χ1v) is 10.1. The molecule has 170 valence electrons. The lowest BCUT2D eigenvalue weighted by Gasteiger charge is -2.18. The molecule has 0 saturated heterocycles. The number of carbonyl (C=O) groups excluding carboxylic acids is 2. The molecule has 7 nitrogen and oxygen atoms in total. The Kier molecular flexibility index (Phi) is 11.8. The van der Waals surface area contributed by atoms with E-state index in [-0.39, 0.29) is 29.4 Å². The quantitative estimate of drug-likeness (QED) is 0.344. The maximum Gasteiger partial charge on any atom is 0.328 e. The van der Waals surface area contributed by atoms with E-state index in [9.17, 15) is 14.7 Å². The number of ether oxygens (including phenoxy) is 2. The molecule has 0 unspecified atom stereocenters. The van der Waals surface area contributed by atoms with E-state index in [2.05, 4.69) is 10.6 Å². The molecule has 0 fully saturated rings. The summed E-state index contributed by atoms with van der Waals surface area (Å²) in [6.45, 7) is 1.32. The fourth-order valence-corrected chi connectivity index (χ4v) is 3.07. The third kappa shape index (κ3) is 7.94. The number of carbonyl (C=O) groups is 2. The van der Waals surface area contributed by atoms with Gasteiger partial charge in [0.2, 0.25) is 0 Å². The SMILES string of the molecule is CNCCCCOc1ccc(C(=O)N[C@@H](Cc2ccccc2)C(=O)OC)c(O)c1Cl.Cl. The summed E-state index contributed by atoms with van der Waals surface area (Å²) in [5.41, 5.74) is 0.807. The number of amides is 1. The Morgan fingerprint density at radius 2 is 1.84 bits per heavy atom. The molecule has 2 rings (SSSR count). The van der Waals surface area contributed by atoms with E-state index < -0.39 is 23.7 Å². The second kappa shape index (κ2) is 13.7. The van der Waals surface area contributed by atoms with Gasteiger partial charge in [0.15, 0.2) is 5.75 Å². The van der Waals surface area contributed by atoms with Crippen LogP contribution in [0.25, 0.3) is 0 Å². The van der Waals surface area contributed by atoms with Crippen molar-refractivity contribution in [1.29, 1.82) is 0 Å². The number of phenolic OH excluding ortho intramolecular Hbond substituents is 1. The molecule has 0 spiro atoms. The zero-order chi connectivity index (χ0) is 21.9. The zero-order valence-electron chi connectivity index (χ0n) is 17.5. The molecule has 31 heavy (non-hydrogen) atoms. The van der Waals surface area contributed by atoms with Crippen molar-refractivity contribution in [3.05, 3.63) is 58.6 Å². The molecule has 0 aromatic heterocycles. The number of hydrogen-bond acceptors (Lipinski definition) is 6. The van der Waals surface area contributed by atoms with E-state index in [0.717, 1.165) is 24.9 Å². The first-order valence-electron chi connectivity index (χ1n) is 9.69. The van der Waals surface area contributed by atoms with Crippen LogP contribution in [0, 0.1) is 0 Å². The highest BCUT2D eigenvalue weighted by molar-refractivity contribution is 6.34. The number of halogens is 2. The van der Waals surface area contributed by atoms with Gasteiger partial charge in [0.1, 0.15) is 16.8 Å². The highest BCUT2D eigenvalue weighted by atomic mass is 35.5. The van der Waals surface area contributed by atoms with Crippen LogP contribution in [0.3, 0.4) is 0 Å². The fourth-order valence-electron chi connectivity index (χ4n) is 2.85. The van der Waals surface area contributed by atoms with Crippen LogP contribution in [0.15, 0.2) is 42.5 Å². The molecule has 1 amide bonds. The highest BCUT2D eigenvalue weighted by Crippen LogP contribution is 2.36. The van der Waals surface area contributed by atoms with Gasteiger partial charge in [0.25, 0.3) is 5.91 Å². The van der Waals surface area contributed by atoms with E-state index in [1.54, 1.807) is 0 Å². The molecule has 0 radical (unpaired) electrons. The van der Waals surface area contributed by atoms with Gasteiger partial charge >= 0.3 is 5.97 Å². The van der Waals surface area contributed by atoms with Gasteiger partial charge in [-0.25, -0.2) is 4.79 Å². The van der Waals surface area contributed by atoms with Crippen LogP contribution < -0.4 is 15.4 Å². The second-order valence-electron chi connectivity index (χ2n) is 6.67. The standard InChI is InChI=1S/C22H27ClN2O5.ClH/c1-24-12-6-7-13-30-18-11-10-16(20(26)19(18)23)21(27)25-17(22(28)29-2)14-15-8-4-3-5-9-15;/h3-5,8-11,17,24,26H,6-7,12-14H2,1-2H3,(H,25,27);1H/t17-;/m0./s1. The number of rotatable bonds is 11. The van der Waals surface area contributed by atoms with E-state index in [1.807, 2.05) is 37.4 Å². The number of nitrogens with one attached hydrogen (secondary N) is 2. The molecule has 2 aromatic rings. The Bertz CT molecular complexity index is 849. The lowest BCUT2D eigenvalue weighted by atomic mass is 10.1. The number of aromatic hydroxyl groups is 1. The summed E-state index contributed by atoms with van der Waals surface area (Å²) in [5, 5.41) is 16.0. The third-order valence-electron chi connectivity index (χ3n) is 4.48. The Balaban J connectivity index is 0.00000480. The van der Waals surface area contributed by atoms with Crippen molar-refractivity contribution in [3.8, 4) is 11.5 Å². The summed E-state index contributed by atoms with van der Waals surface area (Å²) in [4.78, 5) is 24.8. The average molecular weight is 471 g/mol. The average Bonchev–Trinajstić information content (AvgIpc) is 2.76. The maximum absolute atomic E-state index is 12.7. The smallest absolute Gasteiger partial charge is 0.328 e. The van der Waals surface area contributed by atoms with Crippen molar-refractivity contribution >= 4 is 35.9 Å². The predicted molar refractivity (Wildman–Crippen MR) is 122 cm³/mol. The monoisotopic (exact) mass is 470 g/mol. The van der Waals surface area contributed by atoms with Crippen LogP contribution in [0.2, 0.25) is 5.02 Å². The zero-order valence-corrected chi connectivity index (χ0v) is 19.1. The number of benzene rings is 2. The van der Waals surface area contributed by atoms with E-state index in [1.165, 1.54) is 19.2 Å². The van der Waals surface area contributed by atoms with Crippen LogP contribution in [-0.4, -0.2) is 50.3 Å². The Morgan fingerprint density at radius 1 is 1.13 bits per heavy atom. The summed E-state index contributed by atoms with van der Waals surface area (Å²) >= 11 is 6.18. The van der Waals surface area contributed by atoms with Crippen LogP contribution in [0.1, 0.15) is 28.8 Å². The number of phenols is 1. The van der Waals surface area contributed by atoms with Crippen molar-refractivity contribution in [1.82, 2.24) is 10.6 Å². The van der Waals surface area contributed by atoms with E-state index in [4.69, 9.17) is 21.1 Å². The van der Waals surface area contributed by atoms with Crippen molar-refractivity contribution < 1.29 is 24.2 Å². The normalized spacial score (nSPS) is 11.2. The van der Waals surface area contributed by atoms with Gasteiger partial charge in [-0.2, -0.15) is 0 Å². The highest BCUT2D eigenvalue weighted by Gasteiger charge is 2.25. The number of methoxy groups -OCH3 is 1. The molecular weight excluding hydrogens is 443 g/mol. The van der Waals surface area contributed by atoms with Crippen molar-refractivity contribution in [2.75, 3.05) is 27.3 Å². The summed E-state index contributed by atoms with van der Waals surface area (Å²) in [7, 11) is 3.13. The van der Waals surface area contributed by atoms with Gasteiger partial charge in [-0.3, -0.25) is 4.79 Å². The number of hydrogen-bond donors (Lipinski definition) is 3. The van der Waals surface area contributed by atoms with E-state index >= 15 is 0 Å². The van der Waals surface area contributed by atoms with E-state index in [0.29, 0.717) is 12.4 Å².